The molecule has 0 fully saturated rings. The lowest BCUT2D eigenvalue weighted by molar-refractivity contribution is 0.533. The van der Waals surface area contributed by atoms with Gasteiger partial charge in [0.2, 0.25) is 0 Å². The van der Waals surface area contributed by atoms with Crippen LogP contribution in [0, 0.1) is 5.92 Å². The normalized spacial score (nSPS) is 12.4. The Morgan fingerprint density at radius 3 is 2.35 bits per heavy atom. The van der Waals surface area contributed by atoms with Crippen molar-refractivity contribution in [3.05, 3.63) is 68.7 Å². The largest absolute Gasteiger partial charge is 0.330 e. The van der Waals surface area contributed by atoms with Crippen LogP contribution in [0.4, 0.5) is 0 Å². The maximum atomic E-state index is 6.20. The SMILES string of the molecule is NCC(Cc1cccc(Cl)c1)Cc1cc(Cl)ccc1Cl. The minimum Gasteiger partial charge on any atom is -0.330 e. The van der Waals surface area contributed by atoms with Crippen LogP contribution < -0.4 is 5.73 Å². The van der Waals surface area contributed by atoms with Crippen molar-refractivity contribution in [3.63, 3.8) is 0 Å². The maximum Gasteiger partial charge on any atom is 0.0439 e. The van der Waals surface area contributed by atoms with E-state index in [-0.39, 0.29) is 0 Å². The number of benzene rings is 2. The van der Waals surface area contributed by atoms with E-state index >= 15 is 0 Å². The van der Waals surface area contributed by atoms with E-state index in [1.54, 1.807) is 6.07 Å². The first-order valence-corrected chi connectivity index (χ1v) is 7.60. The van der Waals surface area contributed by atoms with Gasteiger partial charge in [-0.05, 0) is 66.8 Å². The highest BCUT2D eigenvalue weighted by molar-refractivity contribution is 6.33. The van der Waals surface area contributed by atoms with Crippen LogP contribution in [0.5, 0.6) is 0 Å². The molecule has 2 aromatic rings. The van der Waals surface area contributed by atoms with E-state index in [9.17, 15) is 0 Å². The van der Waals surface area contributed by atoms with Crippen molar-refractivity contribution in [2.45, 2.75) is 12.8 Å². The van der Waals surface area contributed by atoms with Crippen LogP contribution in [0.2, 0.25) is 15.1 Å². The maximum absolute atomic E-state index is 6.20. The van der Waals surface area contributed by atoms with Crippen molar-refractivity contribution >= 4 is 34.8 Å². The van der Waals surface area contributed by atoms with Crippen LogP contribution in [-0.2, 0) is 12.8 Å². The smallest absolute Gasteiger partial charge is 0.0439 e. The van der Waals surface area contributed by atoms with Crippen LogP contribution in [0.3, 0.4) is 0 Å². The first-order chi connectivity index (χ1) is 9.58. The quantitative estimate of drug-likeness (QED) is 0.820. The highest BCUT2D eigenvalue weighted by atomic mass is 35.5. The van der Waals surface area contributed by atoms with Gasteiger partial charge in [-0.15, -0.1) is 0 Å². The molecule has 0 saturated carbocycles. The molecule has 1 atom stereocenters. The molecule has 20 heavy (non-hydrogen) atoms. The lowest BCUT2D eigenvalue weighted by Crippen LogP contribution is -2.19. The number of nitrogens with two attached hydrogens (primary N) is 1. The van der Waals surface area contributed by atoms with Crippen molar-refractivity contribution in [3.8, 4) is 0 Å². The molecule has 0 radical (unpaired) electrons. The van der Waals surface area contributed by atoms with Gasteiger partial charge in [0.05, 0.1) is 0 Å². The summed E-state index contributed by atoms with van der Waals surface area (Å²) in [7, 11) is 0. The number of hydrogen-bond donors (Lipinski definition) is 1. The highest BCUT2D eigenvalue weighted by Crippen LogP contribution is 2.24. The number of hydrogen-bond acceptors (Lipinski definition) is 1. The van der Waals surface area contributed by atoms with Gasteiger partial charge in [-0.3, -0.25) is 0 Å². The Hall–Kier alpha value is -0.730. The van der Waals surface area contributed by atoms with E-state index in [0.29, 0.717) is 17.5 Å². The van der Waals surface area contributed by atoms with Crippen molar-refractivity contribution in [1.82, 2.24) is 0 Å². The molecule has 0 aliphatic carbocycles. The summed E-state index contributed by atoms with van der Waals surface area (Å²) in [4.78, 5) is 0. The molecule has 4 heteroatoms. The van der Waals surface area contributed by atoms with Gasteiger partial charge in [0.15, 0.2) is 0 Å². The molecule has 106 valence electrons. The third-order valence-corrected chi connectivity index (χ3v) is 4.10. The van der Waals surface area contributed by atoms with Gasteiger partial charge in [0.25, 0.3) is 0 Å². The lowest BCUT2D eigenvalue weighted by atomic mass is 9.92. The van der Waals surface area contributed by atoms with Gasteiger partial charge in [-0.2, -0.15) is 0 Å². The molecule has 0 aliphatic heterocycles. The van der Waals surface area contributed by atoms with Crippen molar-refractivity contribution in [2.24, 2.45) is 11.7 Å². The molecule has 2 rings (SSSR count). The molecular weight excluding hydrogens is 313 g/mol. The van der Waals surface area contributed by atoms with Gasteiger partial charge in [-0.1, -0.05) is 46.9 Å². The molecule has 0 aromatic heterocycles. The molecule has 0 aliphatic rings. The first-order valence-electron chi connectivity index (χ1n) is 6.47. The van der Waals surface area contributed by atoms with E-state index in [4.69, 9.17) is 40.5 Å². The molecule has 0 saturated heterocycles. The minimum atomic E-state index is 0.310. The third-order valence-electron chi connectivity index (χ3n) is 3.26. The molecule has 1 nitrogen and oxygen atoms in total. The zero-order valence-electron chi connectivity index (χ0n) is 11.0. The van der Waals surface area contributed by atoms with Crippen LogP contribution in [0.1, 0.15) is 11.1 Å². The van der Waals surface area contributed by atoms with E-state index in [1.165, 1.54) is 5.56 Å². The number of rotatable bonds is 5. The molecule has 0 bridgehead atoms. The second kappa shape index (κ2) is 7.33. The first kappa shape index (κ1) is 15.7. The summed E-state index contributed by atoms with van der Waals surface area (Å²) in [6, 6.07) is 13.4. The summed E-state index contributed by atoms with van der Waals surface area (Å²) >= 11 is 18.2. The summed E-state index contributed by atoms with van der Waals surface area (Å²) in [5.74, 6) is 0.310. The Bertz CT molecular complexity index is 584. The number of halogens is 3. The molecule has 2 N–H and O–H groups in total. The van der Waals surface area contributed by atoms with E-state index in [0.717, 1.165) is 28.5 Å². The monoisotopic (exact) mass is 327 g/mol. The fourth-order valence-corrected chi connectivity index (χ4v) is 2.85. The summed E-state index contributed by atoms with van der Waals surface area (Å²) < 4.78 is 0. The van der Waals surface area contributed by atoms with Crippen molar-refractivity contribution < 1.29 is 0 Å². The van der Waals surface area contributed by atoms with Crippen molar-refractivity contribution in [1.29, 1.82) is 0 Å². The summed E-state index contributed by atoms with van der Waals surface area (Å²) in [6.45, 7) is 0.593. The standard InChI is InChI=1S/C16H16Cl3N/c17-14-3-1-2-11(8-14)6-12(10-20)7-13-9-15(18)4-5-16(13)19/h1-5,8-9,12H,6-7,10,20H2. The fourth-order valence-electron chi connectivity index (χ4n) is 2.25. The van der Waals surface area contributed by atoms with E-state index < -0.39 is 0 Å². The van der Waals surface area contributed by atoms with Gasteiger partial charge < -0.3 is 5.73 Å². The van der Waals surface area contributed by atoms with Crippen molar-refractivity contribution in [2.75, 3.05) is 6.54 Å². The van der Waals surface area contributed by atoms with E-state index in [2.05, 4.69) is 6.07 Å². The van der Waals surface area contributed by atoms with Crippen LogP contribution >= 0.6 is 34.8 Å². The molecule has 1 unspecified atom stereocenters. The Morgan fingerprint density at radius 1 is 0.900 bits per heavy atom. The van der Waals surface area contributed by atoms with Crippen LogP contribution in [-0.4, -0.2) is 6.54 Å². The fraction of sp³-hybridized carbons (Fsp3) is 0.250. The van der Waals surface area contributed by atoms with Gasteiger partial charge in [0, 0.05) is 15.1 Å². The van der Waals surface area contributed by atoms with Crippen LogP contribution in [0.15, 0.2) is 42.5 Å². The average Bonchev–Trinajstić information content (AvgIpc) is 2.42. The second-order valence-corrected chi connectivity index (χ2v) is 6.16. The summed E-state index contributed by atoms with van der Waals surface area (Å²) in [6.07, 6.45) is 1.68. The molecule has 0 spiro atoms. The van der Waals surface area contributed by atoms with E-state index in [1.807, 2.05) is 30.3 Å². The zero-order valence-corrected chi connectivity index (χ0v) is 13.2. The topological polar surface area (TPSA) is 26.0 Å². The Labute approximate surface area is 134 Å². The Kier molecular flexibility index (Phi) is 5.74. The predicted molar refractivity (Wildman–Crippen MR) is 87.9 cm³/mol. The highest BCUT2D eigenvalue weighted by Gasteiger charge is 2.12. The Morgan fingerprint density at radius 2 is 1.65 bits per heavy atom. The van der Waals surface area contributed by atoms with Crippen LogP contribution in [0.25, 0.3) is 0 Å². The molecule has 2 aromatic carbocycles. The van der Waals surface area contributed by atoms with Gasteiger partial charge in [0.1, 0.15) is 0 Å². The Balaban J connectivity index is 2.11. The van der Waals surface area contributed by atoms with Gasteiger partial charge in [-0.25, -0.2) is 0 Å². The lowest BCUT2D eigenvalue weighted by Gasteiger charge is -2.16. The molecule has 0 amide bonds. The minimum absolute atomic E-state index is 0.310. The van der Waals surface area contributed by atoms with Gasteiger partial charge >= 0.3 is 0 Å². The second-order valence-electron chi connectivity index (χ2n) is 4.88. The molecule has 0 heterocycles. The molecular formula is C16H16Cl3N. The zero-order chi connectivity index (χ0) is 14.5. The summed E-state index contributed by atoms with van der Waals surface area (Å²) in [5, 5.41) is 2.18. The summed E-state index contributed by atoms with van der Waals surface area (Å²) in [5.41, 5.74) is 8.11. The predicted octanol–water partition coefficient (Wildman–Crippen LogP) is 5.01. The average molecular weight is 329 g/mol. The third kappa shape index (κ3) is 4.39.